The number of nitrogens with zero attached hydrogens (tertiary/aromatic N) is 3. The number of aromatic nitrogens is 2. The zero-order valence-corrected chi connectivity index (χ0v) is 16.5. The third-order valence-corrected chi connectivity index (χ3v) is 6.78. The van der Waals surface area contributed by atoms with E-state index in [0.29, 0.717) is 23.5 Å². The van der Waals surface area contributed by atoms with Crippen molar-refractivity contribution in [2.75, 3.05) is 7.05 Å². The van der Waals surface area contributed by atoms with Crippen molar-refractivity contribution in [1.29, 1.82) is 0 Å². The lowest BCUT2D eigenvalue weighted by Gasteiger charge is -2.35. The van der Waals surface area contributed by atoms with E-state index in [1.807, 2.05) is 24.9 Å². The Bertz CT molecular complexity index is 925. The molecule has 0 saturated carbocycles. The van der Waals surface area contributed by atoms with E-state index in [-0.39, 0.29) is 17.8 Å². The van der Waals surface area contributed by atoms with Gasteiger partial charge >= 0.3 is 0 Å². The molecule has 148 valence electrons. The largest absolute Gasteiger partial charge is 0.337 e. The van der Waals surface area contributed by atoms with Crippen molar-refractivity contribution >= 4 is 5.91 Å². The van der Waals surface area contributed by atoms with Crippen LogP contribution in [0, 0.1) is 12.7 Å². The average molecular weight is 382 g/mol. The Hall–Kier alpha value is -2.21. The summed E-state index contributed by atoms with van der Waals surface area (Å²) in [5.74, 6) is -0.310. The molecule has 1 aromatic carbocycles. The molecular formula is C22H27FN4O. The van der Waals surface area contributed by atoms with E-state index in [0.717, 1.165) is 48.9 Å². The zero-order chi connectivity index (χ0) is 19.4. The molecule has 5 rings (SSSR count). The molecule has 28 heavy (non-hydrogen) atoms. The monoisotopic (exact) mass is 382 g/mol. The Labute approximate surface area is 164 Å². The first-order chi connectivity index (χ1) is 13.5. The van der Waals surface area contributed by atoms with Gasteiger partial charge in [0.25, 0.3) is 5.91 Å². The number of rotatable bonds is 3. The van der Waals surface area contributed by atoms with E-state index in [2.05, 4.69) is 10.4 Å². The van der Waals surface area contributed by atoms with E-state index >= 15 is 0 Å². The van der Waals surface area contributed by atoms with Crippen molar-refractivity contribution in [2.45, 2.75) is 70.0 Å². The molecule has 2 fully saturated rings. The maximum atomic E-state index is 14.6. The molecule has 1 aromatic heterocycles. The predicted molar refractivity (Wildman–Crippen MR) is 105 cm³/mol. The fraction of sp³-hybridized carbons (Fsp3) is 0.545. The van der Waals surface area contributed by atoms with Gasteiger partial charge in [0, 0.05) is 36.4 Å². The first-order valence-corrected chi connectivity index (χ1v) is 10.4. The summed E-state index contributed by atoms with van der Waals surface area (Å²) >= 11 is 0. The van der Waals surface area contributed by atoms with Crippen LogP contribution in [-0.4, -0.2) is 45.8 Å². The highest BCUT2D eigenvalue weighted by Gasteiger charge is 2.38. The van der Waals surface area contributed by atoms with Crippen LogP contribution in [0.15, 0.2) is 18.2 Å². The van der Waals surface area contributed by atoms with Crippen LogP contribution >= 0.6 is 0 Å². The summed E-state index contributed by atoms with van der Waals surface area (Å²) in [6.45, 7) is 1.87. The molecule has 0 spiro atoms. The number of amides is 1. The standard InChI is InChI=1S/C22H27FN4O/c1-13-6-9-20(18(23)10-13)27-19-5-3-4-17(19)21(25-27)22(28)26(2)16-11-14-7-8-15(12-16)24-14/h6,9-10,14-16,24H,3-5,7-8,11-12H2,1-2H3. The van der Waals surface area contributed by atoms with Crippen LogP contribution in [-0.2, 0) is 12.8 Å². The van der Waals surface area contributed by atoms with Crippen molar-refractivity contribution in [1.82, 2.24) is 20.0 Å². The van der Waals surface area contributed by atoms with Crippen LogP contribution in [0.2, 0.25) is 0 Å². The first kappa shape index (κ1) is 17.9. The number of fused-ring (bicyclic) bond motifs is 3. The maximum Gasteiger partial charge on any atom is 0.274 e. The number of hydrogen-bond acceptors (Lipinski definition) is 3. The molecular weight excluding hydrogens is 355 g/mol. The van der Waals surface area contributed by atoms with Crippen molar-refractivity contribution in [3.63, 3.8) is 0 Å². The van der Waals surface area contributed by atoms with Gasteiger partial charge in [-0.25, -0.2) is 9.07 Å². The number of halogens is 1. The van der Waals surface area contributed by atoms with E-state index in [4.69, 9.17) is 0 Å². The van der Waals surface area contributed by atoms with Crippen molar-refractivity contribution < 1.29 is 9.18 Å². The van der Waals surface area contributed by atoms with Crippen LogP contribution in [0.5, 0.6) is 0 Å². The molecule has 2 unspecified atom stereocenters. The minimum Gasteiger partial charge on any atom is -0.337 e. The van der Waals surface area contributed by atoms with Crippen LogP contribution in [0.1, 0.15) is 59.4 Å². The van der Waals surface area contributed by atoms with E-state index in [9.17, 15) is 9.18 Å². The van der Waals surface area contributed by atoms with Gasteiger partial charge in [0.15, 0.2) is 5.69 Å². The van der Waals surface area contributed by atoms with E-state index < -0.39 is 0 Å². The summed E-state index contributed by atoms with van der Waals surface area (Å²) in [5, 5.41) is 8.26. The molecule has 1 aliphatic carbocycles. The topological polar surface area (TPSA) is 50.2 Å². The molecule has 2 bridgehead atoms. The van der Waals surface area contributed by atoms with Gasteiger partial charge in [0.2, 0.25) is 0 Å². The fourth-order valence-corrected chi connectivity index (χ4v) is 5.27. The molecule has 6 heteroatoms. The highest BCUT2D eigenvalue weighted by Crippen LogP contribution is 2.32. The second-order valence-electron chi connectivity index (χ2n) is 8.67. The Kier molecular flexibility index (Phi) is 4.27. The third kappa shape index (κ3) is 2.85. The Balaban J connectivity index is 1.48. The number of carbonyl (C=O) groups excluding carboxylic acids is 1. The second kappa shape index (κ2) is 6.69. The normalized spacial score (nSPS) is 25.8. The number of nitrogens with one attached hydrogen (secondary N) is 1. The van der Waals surface area contributed by atoms with Gasteiger partial charge in [-0.2, -0.15) is 5.10 Å². The summed E-state index contributed by atoms with van der Waals surface area (Å²) in [6, 6.07) is 6.49. The third-order valence-electron chi connectivity index (χ3n) is 6.78. The van der Waals surface area contributed by atoms with Crippen molar-refractivity contribution in [2.24, 2.45) is 0 Å². The van der Waals surface area contributed by atoms with Gasteiger partial charge in [0.1, 0.15) is 11.5 Å². The van der Waals surface area contributed by atoms with E-state index in [1.165, 1.54) is 18.9 Å². The lowest BCUT2D eigenvalue weighted by molar-refractivity contribution is 0.0674. The molecule has 2 saturated heterocycles. The summed E-state index contributed by atoms with van der Waals surface area (Å²) in [5.41, 5.74) is 3.83. The molecule has 1 amide bonds. The van der Waals surface area contributed by atoms with Gasteiger partial charge in [0.05, 0.1) is 0 Å². The summed E-state index contributed by atoms with van der Waals surface area (Å²) in [4.78, 5) is 15.2. The molecule has 1 N–H and O–H groups in total. The molecule has 3 heterocycles. The predicted octanol–water partition coefficient (Wildman–Crippen LogP) is 3.16. The van der Waals surface area contributed by atoms with Gasteiger partial charge in [-0.1, -0.05) is 6.07 Å². The summed E-state index contributed by atoms with van der Waals surface area (Å²) in [7, 11) is 1.91. The van der Waals surface area contributed by atoms with E-state index in [1.54, 1.807) is 10.7 Å². The number of carbonyl (C=O) groups is 1. The number of benzene rings is 1. The summed E-state index contributed by atoms with van der Waals surface area (Å²) in [6.07, 6.45) is 7.10. The second-order valence-corrected chi connectivity index (χ2v) is 8.67. The minimum atomic E-state index is -0.292. The van der Waals surface area contributed by atoms with Crippen LogP contribution in [0.25, 0.3) is 5.69 Å². The zero-order valence-electron chi connectivity index (χ0n) is 16.5. The summed E-state index contributed by atoms with van der Waals surface area (Å²) < 4.78 is 16.3. The Morgan fingerprint density at radius 2 is 2.00 bits per heavy atom. The molecule has 2 atom stereocenters. The number of piperidine rings is 1. The van der Waals surface area contributed by atoms with Gasteiger partial charge in [-0.05, 0) is 69.6 Å². The van der Waals surface area contributed by atoms with Gasteiger partial charge in [-0.15, -0.1) is 0 Å². The van der Waals surface area contributed by atoms with Gasteiger partial charge in [-0.3, -0.25) is 4.79 Å². The number of hydrogen-bond donors (Lipinski definition) is 1. The molecule has 3 aliphatic rings. The van der Waals surface area contributed by atoms with Crippen LogP contribution in [0.4, 0.5) is 4.39 Å². The molecule has 2 aromatic rings. The Morgan fingerprint density at radius 3 is 2.71 bits per heavy atom. The lowest BCUT2D eigenvalue weighted by Crippen LogP contribution is -2.48. The van der Waals surface area contributed by atoms with Crippen molar-refractivity contribution in [3.05, 3.63) is 46.5 Å². The lowest BCUT2D eigenvalue weighted by atomic mass is 9.98. The first-order valence-electron chi connectivity index (χ1n) is 10.4. The smallest absolute Gasteiger partial charge is 0.274 e. The minimum absolute atomic E-state index is 0.0179. The van der Waals surface area contributed by atoms with Crippen LogP contribution in [0.3, 0.4) is 0 Å². The maximum absolute atomic E-state index is 14.6. The quantitative estimate of drug-likeness (QED) is 0.887. The average Bonchev–Trinajstić information content (AvgIpc) is 3.36. The molecule has 0 radical (unpaired) electrons. The SMILES string of the molecule is Cc1ccc(-n2nc(C(=O)N(C)C3CC4CCC(C3)N4)c3c2CCC3)c(F)c1. The van der Waals surface area contributed by atoms with Crippen LogP contribution < -0.4 is 5.32 Å². The Morgan fingerprint density at radius 1 is 1.25 bits per heavy atom. The highest BCUT2D eigenvalue weighted by atomic mass is 19.1. The highest BCUT2D eigenvalue weighted by molar-refractivity contribution is 5.94. The molecule has 2 aliphatic heterocycles. The number of aryl methyl sites for hydroxylation is 1. The van der Waals surface area contributed by atoms with Crippen molar-refractivity contribution in [3.8, 4) is 5.69 Å². The van der Waals surface area contributed by atoms with Gasteiger partial charge < -0.3 is 10.2 Å². The fourth-order valence-electron chi connectivity index (χ4n) is 5.27. The molecule has 5 nitrogen and oxygen atoms in total.